The van der Waals surface area contributed by atoms with Crippen molar-refractivity contribution >= 4 is 0 Å². The fourth-order valence-corrected chi connectivity index (χ4v) is 0. The average molecular weight is 339 g/mol. The molecule has 0 atom stereocenters. The summed E-state index contributed by atoms with van der Waals surface area (Å²) in [5, 5.41) is 0. The first kappa shape index (κ1) is 31.1. The van der Waals surface area contributed by atoms with E-state index in [1.807, 2.05) is 0 Å². The van der Waals surface area contributed by atoms with Crippen molar-refractivity contribution in [1.82, 2.24) is 0 Å². The van der Waals surface area contributed by atoms with Gasteiger partial charge in [-0.3, -0.25) is 0 Å². The van der Waals surface area contributed by atoms with Crippen LogP contribution in [-0.2, 0) is 11.0 Å². The SMILES string of the molecule is [Dy+3].[Nd+3].[O-2].[O-2]. The molecule has 0 aliphatic carbocycles. The van der Waals surface area contributed by atoms with Crippen LogP contribution in [0.5, 0.6) is 0 Å². The second-order valence-corrected chi connectivity index (χ2v) is 0. The summed E-state index contributed by atoms with van der Waals surface area (Å²) in [6.07, 6.45) is 0. The summed E-state index contributed by atoms with van der Waals surface area (Å²) >= 11 is 0. The third kappa shape index (κ3) is 8.82. The van der Waals surface area contributed by atoms with Gasteiger partial charge in [0.1, 0.15) is 0 Å². The Hall–Kier alpha value is 2.54. The van der Waals surface area contributed by atoms with E-state index in [0.29, 0.717) is 0 Å². The zero-order chi connectivity index (χ0) is 0. The van der Waals surface area contributed by atoms with Gasteiger partial charge in [0.2, 0.25) is 0 Å². The fourth-order valence-electron chi connectivity index (χ4n) is 0. The van der Waals surface area contributed by atoms with Gasteiger partial charge in [-0.1, -0.05) is 0 Å². The van der Waals surface area contributed by atoms with Crippen LogP contribution in [0.15, 0.2) is 0 Å². The molecule has 0 fully saturated rings. The molecule has 0 amide bonds. The first-order valence-electron chi connectivity index (χ1n) is 0. The minimum atomic E-state index is 0. The molecule has 4 heavy (non-hydrogen) atoms. The maximum absolute atomic E-state index is 0. The molecule has 0 unspecified atom stereocenters. The molecular formula is DyNdO2+2. The second kappa shape index (κ2) is 17.7. The molecule has 0 saturated heterocycles. The van der Waals surface area contributed by atoms with E-state index < -0.39 is 0 Å². The molecular weight excluding hydrogens is 339 g/mol. The van der Waals surface area contributed by atoms with Crippen molar-refractivity contribution in [1.29, 1.82) is 0 Å². The standard InChI is InChI=1S/Dy.Nd.2O/q2*+3;2*-2. The summed E-state index contributed by atoms with van der Waals surface area (Å²) < 4.78 is 0. The van der Waals surface area contributed by atoms with Crippen molar-refractivity contribution in [3.05, 3.63) is 0 Å². The molecule has 0 aromatic carbocycles. The topological polar surface area (TPSA) is 57.0 Å². The first-order chi connectivity index (χ1) is 0. The van der Waals surface area contributed by atoms with Crippen LogP contribution >= 0.6 is 0 Å². The third-order valence-electron chi connectivity index (χ3n) is 0. The minimum absolute atomic E-state index is 0. The number of hydrogen-bond donors (Lipinski definition) is 0. The fraction of sp³-hybridized carbons (Fsp3) is 0. The normalized spacial score (nSPS) is 0. The van der Waals surface area contributed by atoms with Gasteiger partial charge in [0, 0.05) is 0 Å². The zero-order valence-electron chi connectivity index (χ0n) is 1.63. The van der Waals surface area contributed by atoms with Crippen LogP contribution in [0.3, 0.4) is 0 Å². The molecule has 0 aliphatic rings. The molecule has 0 aliphatic heterocycles. The van der Waals surface area contributed by atoms with Crippen LogP contribution in [0.1, 0.15) is 0 Å². The third-order valence-corrected chi connectivity index (χ3v) is 0. The largest absolute Gasteiger partial charge is 3.00 e. The van der Waals surface area contributed by atoms with Crippen molar-refractivity contribution in [2.75, 3.05) is 0 Å². The van der Waals surface area contributed by atoms with E-state index in [4.69, 9.17) is 0 Å². The Morgan fingerprint density at radius 1 is 0.750 bits per heavy atom. The molecule has 2 nitrogen and oxygen atoms in total. The maximum atomic E-state index is 0. The van der Waals surface area contributed by atoms with Gasteiger partial charge >= 0.3 is 79.0 Å². The summed E-state index contributed by atoms with van der Waals surface area (Å²) in [5.41, 5.74) is 0. The Labute approximate surface area is 87.9 Å². The average Bonchev–Trinajstić information content (AvgIpc) is 0. The van der Waals surface area contributed by atoms with Crippen molar-refractivity contribution in [2.45, 2.75) is 0 Å². The minimum Gasteiger partial charge on any atom is -2.00 e. The molecule has 0 spiro atoms. The summed E-state index contributed by atoms with van der Waals surface area (Å²) in [6, 6.07) is 0. The Morgan fingerprint density at radius 3 is 0.750 bits per heavy atom. The Balaban J connectivity index is 0. The van der Waals surface area contributed by atoms with E-state index in [2.05, 4.69) is 0 Å². The molecule has 4 heteroatoms. The summed E-state index contributed by atoms with van der Waals surface area (Å²) in [4.78, 5) is 0. The molecule has 0 N–H and O–H groups in total. The molecule has 0 bridgehead atoms. The molecule has 24 valence electrons. The van der Waals surface area contributed by atoms with E-state index in [1.54, 1.807) is 0 Å². The van der Waals surface area contributed by atoms with Crippen molar-refractivity contribution in [2.24, 2.45) is 0 Å². The van der Waals surface area contributed by atoms with Gasteiger partial charge in [-0.05, 0) is 0 Å². The van der Waals surface area contributed by atoms with E-state index in [1.165, 1.54) is 0 Å². The second-order valence-electron chi connectivity index (χ2n) is 0. The molecule has 0 saturated carbocycles. The van der Waals surface area contributed by atoms with Crippen molar-refractivity contribution < 1.29 is 90.0 Å². The van der Waals surface area contributed by atoms with E-state index in [9.17, 15) is 0 Å². The van der Waals surface area contributed by atoms with Crippen LogP contribution in [0.2, 0.25) is 0 Å². The predicted molar refractivity (Wildman–Crippen MR) is 1.37 cm³/mol. The van der Waals surface area contributed by atoms with Gasteiger partial charge in [0.15, 0.2) is 0 Å². The summed E-state index contributed by atoms with van der Waals surface area (Å²) in [7, 11) is 0. The van der Waals surface area contributed by atoms with Gasteiger partial charge in [0.05, 0.1) is 0 Å². The van der Waals surface area contributed by atoms with Crippen molar-refractivity contribution in [3.8, 4) is 0 Å². The molecule has 0 aromatic rings. The first-order valence-corrected chi connectivity index (χ1v) is 0. The summed E-state index contributed by atoms with van der Waals surface area (Å²) in [5.74, 6) is 0. The molecule has 0 rings (SSSR count). The Bertz CT molecular complexity index is 6.00. The smallest absolute Gasteiger partial charge is 2.00 e. The van der Waals surface area contributed by atoms with Crippen LogP contribution < -0.4 is 0 Å². The van der Waals surface area contributed by atoms with Gasteiger partial charge < -0.3 is 11.0 Å². The molecule has 0 aromatic heterocycles. The van der Waals surface area contributed by atoms with Crippen LogP contribution in [-0.4, -0.2) is 0 Å². The molecule has 0 heterocycles. The predicted octanol–water partition coefficient (Wildman–Crippen LogP) is -0.238. The number of rotatable bonds is 0. The maximum Gasteiger partial charge on any atom is 3.00 e. The van der Waals surface area contributed by atoms with E-state index >= 15 is 0 Å². The van der Waals surface area contributed by atoms with Gasteiger partial charge in [-0.2, -0.15) is 0 Å². The van der Waals surface area contributed by atoms with Gasteiger partial charge in [0.25, 0.3) is 0 Å². The Morgan fingerprint density at radius 2 is 0.750 bits per heavy atom. The van der Waals surface area contributed by atoms with E-state index in [-0.39, 0.29) is 90.0 Å². The van der Waals surface area contributed by atoms with Gasteiger partial charge in [-0.15, -0.1) is 0 Å². The number of hydrogen-bond acceptors (Lipinski definition) is 0. The zero-order valence-corrected chi connectivity index (χ0v) is 6.87. The Kier molecular flexibility index (Phi) is 137. The quantitative estimate of drug-likeness (QED) is 0.585. The van der Waals surface area contributed by atoms with E-state index in [0.717, 1.165) is 0 Å². The van der Waals surface area contributed by atoms with Gasteiger partial charge in [-0.25, -0.2) is 0 Å². The summed E-state index contributed by atoms with van der Waals surface area (Å²) in [6.45, 7) is 0. The van der Waals surface area contributed by atoms with Crippen LogP contribution in [0.25, 0.3) is 0 Å². The monoisotopic (exact) mass is 338 g/mol. The molecule has 2 radical (unpaired) electrons. The van der Waals surface area contributed by atoms with Crippen molar-refractivity contribution in [3.63, 3.8) is 0 Å². The van der Waals surface area contributed by atoms with Crippen LogP contribution in [0, 0.1) is 79.0 Å². The van der Waals surface area contributed by atoms with Crippen LogP contribution in [0.4, 0.5) is 0 Å².